The summed E-state index contributed by atoms with van der Waals surface area (Å²) >= 11 is 0. The number of pyridine rings is 1. The zero-order valence-corrected chi connectivity index (χ0v) is 11.6. The number of anilines is 2. The second kappa shape index (κ2) is 6.06. The van der Waals surface area contributed by atoms with Crippen molar-refractivity contribution in [1.82, 2.24) is 4.98 Å². The minimum Gasteiger partial charge on any atom is -0.409 e. The molecule has 0 aliphatic carbocycles. The van der Waals surface area contributed by atoms with Crippen LogP contribution in [0.15, 0.2) is 47.8 Å². The van der Waals surface area contributed by atoms with E-state index in [9.17, 15) is 0 Å². The zero-order valence-electron chi connectivity index (χ0n) is 11.6. The maximum Gasteiger partial charge on any atom is 0.190 e. The Labute approximate surface area is 118 Å². The average Bonchev–Trinajstić information content (AvgIpc) is 2.53. The van der Waals surface area contributed by atoms with E-state index in [-0.39, 0.29) is 5.84 Å². The summed E-state index contributed by atoms with van der Waals surface area (Å²) in [5.74, 6) is -0.00220. The Kier molecular flexibility index (Phi) is 4.20. The third-order valence-electron chi connectivity index (χ3n) is 3.23. The van der Waals surface area contributed by atoms with Crippen LogP contribution in [0.3, 0.4) is 0 Å². The van der Waals surface area contributed by atoms with Gasteiger partial charge in [-0.3, -0.25) is 4.98 Å². The molecule has 0 radical (unpaired) electrons. The molecule has 0 amide bonds. The summed E-state index contributed by atoms with van der Waals surface area (Å²) < 4.78 is 0. The molecular weight excluding hydrogens is 252 g/mol. The van der Waals surface area contributed by atoms with E-state index in [0.717, 1.165) is 17.8 Å². The molecule has 2 aromatic rings. The van der Waals surface area contributed by atoms with Gasteiger partial charge in [0.15, 0.2) is 5.84 Å². The summed E-state index contributed by atoms with van der Waals surface area (Å²) in [5, 5.41) is 11.9. The molecule has 2 rings (SSSR count). The Bertz CT molecular complexity index is 608. The van der Waals surface area contributed by atoms with Gasteiger partial charge in [-0.25, -0.2) is 0 Å². The average molecular weight is 270 g/mol. The molecule has 1 heterocycles. The van der Waals surface area contributed by atoms with E-state index in [2.05, 4.69) is 29.2 Å². The summed E-state index contributed by atoms with van der Waals surface area (Å²) in [5.41, 5.74) is 9.21. The Balaban J connectivity index is 2.39. The minimum absolute atomic E-state index is 0.00220. The van der Waals surface area contributed by atoms with Gasteiger partial charge in [0.2, 0.25) is 0 Å². The lowest BCUT2D eigenvalue weighted by molar-refractivity contribution is 0.318. The second-order valence-corrected chi connectivity index (χ2v) is 4.44. The number of oxime groups is 1. The first-order chi connectivity index (χ1) is 9.67. The molecule has 5 heteroatoms. The Morgan fingerprint density at radius 1 is 1.30 bits per heavy atom. The van der Waals surface area contributed by atoms with Crippen LogP contribution in [-0.4, -0.2) is 23.1 Å². The number of aryl methyl sites for hydroxylation is 1. The van der Waals surface area contributed by atoms with E-state index >= 15 is 0 Å². The van der Waals surface area contributed by atoms with Crippen molar-refractivity contribution in [2.24, 2.45) is 10.9 Å². The Hall–Kier alpha value is -2.56. The highest BCUT2D eigenvalue weighted by molar-refractivity contribution is 6.00. The lowest BCUT2D eigenvalue weighted by Crippen LogP contribution is -2.21. The van der Waals surface area contributed by atoms with Crippen molar-refractivity contribution in [2.45, 2.75) is 13.3 Å². The van der Waals surface area contributed by atoms with Crippen LogP contribution in [0.25, 0.3) is 0 Å². The van der Waals surface area contributed by atoms with Gasteiger partial charge in [-0.15, -0.1) is 0 Å². The van der Waals surface area contributed by atoms with Crippen LogP contribution in [-0.2, 0) is 6.42 Å². The number of amidine groups is 1. The van der Waals surface area contributed by atoms with Crippen molar-refractivity contribution in [2.75, 3.05) is 11.9 Å². The summed E-state index contributed by atoms with van der Waals surface area (Å²) in [4.78, 5) is 6.13. The number of nitrogens with two attached hydrogens (primary N) is 1. The van der Waals surface area contributed by atoms with Gasteiger partial charge in [0, 0.05) is 18.9 Å². The monoisotopic (exact) mass is 270 g/mol. The molecule has 0 fully saturated rings. The van der Waals surface area contributed by atoms with Gasteiger partial charge in [0.25, 0.3) is 0 Å². The van der Waals surface area contributed by atoms with E-state index < -0.39 is 0 Å². The predicted molar refractivity (Wildman–Crippen MR) is 80.6 cm³/mol. The van der Waals surface area contributed by atoms with E-state index in [4.69, 9.17) is 10.9 Å². The van der Waals surface area contributed by atoms with Crippen molar-refractivity contribution < 1.29 is 5.21 Å². The quantitative estimate of drug-likeness (QED) is 0.387. The Morgan fingerprint density at radius 3 is 2.60 bits per heavy atom. The molecule has 0 saturated carbocycles. The van der Waals surface area contributed by atoms with Crippen molar-refractivity contribution in [1.29, 1.82) is 0 Å². The van der Waals surface area contributed by atoms with Crippen LogP contribution >= 0.6 is 0 Å². The molecule has 20 heavy (non-hydrogen) atoms. The van der Waals surface area contributed by atoms with Crippen molar-refractivity contribution in [3.05, 3.63) is 53.9 Å². The SMILES string of the molecule is CCc1ccc(N(C)c2cccnc2/C(N)=N/O)cc1. The van der Waals surface area contributed by atoms with Crippen molar-refractivity contribution in [3.8, 4) is 0 Å². The van der Waals surface area contributed by atoms with E-state index in [0.29, 0.717) is 5.69 Å². The fourth-order valence-electron chi connectivity index (χ4n) is 2.01. The number of nitrogens with zero attached hydrogens (tertiary/aromatic N) is 3. The van der Waals surface area contributed by atoms with Gasteiger partial charge < -0.3 is 15.8 Å². The molecule has 0 aliphatic rings. The molecule has 5 nitrogen and oxygen atoms in total. The molecule has 0 unspecified atom stereocenters. The molecule has 0 atom stereocenters. The largest absolute Gasteiger partial charge is 0.409 e. The standard InChI is InChI=1S/C15H18N4O/c1-3-11-6-8-12(9-7-11)19(2)13-5-4-10-17-14(13)15(16)18-20/h4-10,20H,3H2,1-2H3,(H2,16,18). The van der Waals surface area contributed by atoms with Crippen LogP contribution in [0.4, 0.5) is 11.4 Å². The van der Waals surface area contributed by atoms with Gasteiger partial charge in [-0.05, 0) is 36.2 Å². The van der Waals surface area contributed by atoms with Crippen molar-refractivity contribution >= 4 is 17.2 Å². The number of rotatable bonds is 4. The normalized spacial score (nSPS) is 11.4. The molecule has 3 N–H and O–H groups in total. The number of hydrogen-bond acceptors (Lipinski definition) is 4. The van der Waals surface area contributed by atoms with Gasteiger partial charge in [0.05, 0.1) is 5.69 Å². The first-order valence-electron chi connectivity index (χ1n) is 6.43. The molecular formula is C15H18N4O. The highest BCUT2D eigenvalue weighted by Gasteiger charge is 2.13. The van der Waals surface area contributed by atoms with Gasteiger partial charge in [-0.2, -0.15) is 0 Å². The molecule has 0 bridgehead atoms. The molecule has 0 saturated heterocycles. The van der Waals surface area contributed by atoms with E-state index in [1.54, 1.807) is 6.20 Å². The van der Waals surface area contributed by atoms with E-state index in [1.165, 1.54) is 5.56 Å². The molecule has 104 valence electrons. The first kappa shape index (κ1) is 13.9. The molecule has 0 spiro atoms. The predicted octanol–water partition coefficient (Wildman–Crippen LogP) is 2.51. The summed E-state index contributed by atoms with van der Waals surface area (Å²) in [6, 6.07) is 12.0. The third-order valence-corrected chi connectivity index (χ3v) is 3.23. The first-order valence-corrected chi connectivity index (χ1v) is 6.43. The minimum atomic E-state index is -0.00220. The zero-order chi connectivity index (χ0) is 14.5. The molecule has 0 aliphatic heterocycles. The Morgan fingerprint density at radius 2 is 2.00 bits per heavy atom. The molecule has 1 aromatic heterocycles. The van der Waals surface area contributed by atoms with Gasteiger partial charge in [0.1, 0.15) is 5.69 Å². The second-order valence-electron chi connectivity index (χ2n) is 4.44. The maximum atomic E-state index is 8.84. The summed E-state index contributed by atoms with van der Waals surface area (Å²) in [7, 11) is 1.92. The van der Waals surface area contributed by atoms with Crippen LogP contribution in [0, 0.1) is 0 Å². The number of hydrogen-bond donors (Lipinski definition) is 2. The van der Waals surface area contributed by atoms with Crippen LogP contribution in [0.2, 0.25) is 0 Å². The van der Waals surface area contributed by atoms with Gasteiger partial charge in [-0.1, -0.05) is 24.2 Å². The van der Waals surface area contributed by atoms with E-state index in [1.807, 2.05) is 36.2 Å². The topological polar surface area (TPSA) is 74.7 Å². The fraction of sp³-hybridized carbons (Fsp3) is 0.200. The highest BCUT2D eigenvalue weighted by Crippen LogP contribution is 2.26. The number of aromatic nitrogens is 1. The van der Waals surface area contributed by atoms with Crippen LogP contribution < -0.4 is 10.6 Å². The lowest BCUT2D eigenvalue weighted by atomic mass is 10.1. The maximum absolute atomic E-state index is 8.84. The van der Waals surface area contributed by atoms with Crippen LogP contribution in [0.5, 0.6) is 0 Å². The molecule has 1 aromatic carbocycles. The fourth-order valence-corrected chi connectivity index (χ4v) is 2.01. The number of benzene rings is 1. The highest BCUT2D eigenvalue weighted by atomic mass is 16.4. The van der Waals surface area contributed by atoms with Gasteiger partial charge >= 0.3 is 0 Å². The third kappa shape index (κ3) is 2.71. The lowest BCUT2D eigenvalue weighted by Gasteiger charge is -2.21. The van der Waals surface area contributed by atoms with Crippen molar-refractivity contribution in [3.63, 3.8) is 0 Å². The summed E-state index contributed by atoms with van der Waals surface area (Å²) in [6.45, 7) is 2.12. The van der Waals surface area contributed by atoms with Crippen LogP contribution in [0.1, 0.15) is 18.2 Å². The summed E-state index contributed by atoms with van der Waals surface area (Å²) in [6.07, 6.45) is 2.62. The smallest absolute Gasteiger partial charge is 0.190 e.